The highest BCUT2D eigenvalue weighted by Crippen LogP contribution is 2.21. The van der Waals surface area contributed by atoms with E-state index in [0.717, 1.165) is 24.2 Å². The minimum Gasteiger partial charge on any atom is -0.480 e. The maximum atomic E-state index is 12.8. The number of methoxy groups -OCH3 is 1. The fraction of sp³-hybridized carbons (Fsp3) is 0.444. The number of carbonyl (C=O) groups is 1. The second-order valence-electron chi connectivity index (χ2n) is 6.13. The predicted octanol–water partition coefficient (Wildman–Crippen LogP) is 2.18. The third-order valence-corrected chi connectivity index (χ3v) is 4.09. The number of aryl methyl sites for hydroxylation is 2. The van der Waals surface area contributed by atoms with Crippen LogP contribution in [0.4, 0.5) is 0 Å². The first kappa shape index (κ1) is 17.1. The lowest BCUT2D eigenvalue weighted by Gasteiger charge is -2.32. The molecule has 1 aliphatic rings. The number of hydrogen-bond acceptors (Lipinski definition) is 6. The highest BCUT2D eigenvalue weighted by Gasteiger charge is 2.28. The van der Waals surface area contributed by atoms with E-state index in [2.05, 4.69) is 15.0 Å². The molecule has 3 heterocycles. The maximum Gasteiger partial charge on any atom is 0.317 e. The number of pyridine rings is 1. The Bertz CT molecular complexity index is 745. The Morgan fingerprint density at radius 2 is 2.04 bits per heavy atom. The Morgan fingerprint density at radius 1 is 1.28 bits per heavy atom. The van der Waals surface area contributed by atoms with Crippen LogP contribution in [0.15, 0.2) is 24.4 Å². The number of likely N-dealkylation sites (tertiary alicyclic amines) is 1. The average Bonchev–Trinajstić information content (AvgIpc) is 2.60. The maximum absolute atomic E-state index is 12.8. The molecular formula is C18H22N4O3. The average molecular weight is 342 g/mol. The van der Waals surface area contributed by atoms with Crippen LogP contribution in [0.25, 0.3) is 0 Å². The van der Waals surface area contributed by atoms with E-state index >= 15 is 0 Å². The van der Waals surface area contributed by atoms with Gasteiger partial charge in [-0.3, -0.25) is 4.79 Å². The lowest BCUT2D eigenvalue weighted by molar-refractivity contribution is 0.0511. The quantitative estimate of drug-likeness (QED) is 0.847. The Kier molecular flexibility index (Phi) is 5.11. The molecule has 2 aromatic rings. The fourth-order valence-electron chi connectivity index (χ4n) is 3.00. The zero-order valence-electron chi connectivity index (χ0n) is 14.7. The van der Waals surface area contributed by atoms with Crippen molar-refractivity contribution in [3.8, 4) is 11.9 Å². The van der Waals surface area contributed by atoms with Gasteiger partial charge in [-0.1, -0.05) is 0 Å². The van der Waals surface area contributed by atoms with Crippen molar-refractivity contribution in [2.75, 3.05) is 20.2 Å². The molecule has 0 bridgehead atoms. The second-order valence-corrected chi connectivity index (χ2v) is 6.13. The summed E-state index contributed by atoms with van der Waals surface area (Å²) in [5, 5.41) is 0. The molecule has 25 heavy (non-hydrogen) atoms. The van der Waals surface area contributed by atoms with Gasteiger partial charge in [0.1, 0.15) is 11.7 Å². The molecule has 0 spiro atoms. The first-order valence-corrected chi connectivity index (χ1v) is 8.34. The van der Waals surface area contributed by atoms with E-state index in [4.69, 9.17) is 9.47 Å². The lowest BCUT2D eigenvalue weighted by Crippen LogP contribution is -2.44. The summed E-state index contributed by atoms with van der Waals surface area (Å²) in [6, 6.07) is 5.73. The Morgan fingerprint density at radius 3 is 2.76 bits per heavy atom. The van der Waals surface area contributed by atoms with Crippen molar-refractivity contribution in [3.05, 3.63) is 41.3 Å². The molecule has 0 radical (unpaired) electrons. The normalized spacial score (nSPS) is 17.2. The summed E-state index contributed by atoms with van der Waals surface area (Å²) in [6.45, 7) is 5.00. The van der Waals surface area contributed by atoms with Crippen molar-refractivity contribution in [3.63, 3.8) is 0 Å². The third-order valence-electron chi connectivity index (χ3n) is 4.09. The van der Waals surface area contributed by atoms with Crippen LogP contribution in [-0.2, 0) is 0 Å². The summed E-state index contributed by atoms with van der Waals surface area (Å²) >= 11 is 0. The molecule has 7 heteroatoms. The van der Waals surface area contributed by atoms with Crippen LogP contribution in [0, 0.1) is 13.8 Å². The minimum atomic E-state index is -0.124. The summed E-state index contributed by atoms with van der Waals surface area (Å²) in [4.78, 5) is 27.3. The van der Waals surface area contributed by atoms with Crippen molar-refractivity contribution in [2.24, 2.45) is 0 Å². The number of piperidine rings is 1. The van der Waals surface area contributed by atoms with Crippen LogP contribution in [0.5, 0.6) is 11.9 Å². The van der Waals surface area contributed by atoms with Gasteiger partial charge in [0.2, 0.25) is 5.88 Å². The van der Waals surface area contributed by atoms with E-state index in [1.807, 2.05) is 19.9 Å². The molecule has 0 aromatic carbocycles. The first-order valence-electron chi connectivity index (χ1n) is 8.34. The molecule has 1 atom stereocenters. The van der Waals surface area contributed by atoms with Gasteiger partial charge in [-0.05, 0) is 44.9 Å². The monoisotopic (exact) mass is 342 g/mol. The van der Waals surface area contributed by atoms with Crippen LogP contribution >= 0.6 is 0 Å². The van der Waals surface area contributed by atoms with Gasteiger partial charge in [-0.2, -0.15) is 0 Å². The molecule has 0 aliphatic carbocycles. The van der Waals surface area contributed by atoms with Gasteiger partial charge in [0.25, 0.3) is 5.91 Å². The van der Waals surface area contributed by atoms with Gasteiger partial charge in [0.05, 0.1) is 13.7 Å². The fourth-order valence-corrected chi connectivity index (χ4v) is 3.00. The smallest absolute Gasteiger partial charge is 0.317 e. The molecule has 7 nitrogen and oxygen atoms in total. The van der Waals surface area contributed by atoms with E-state index < -0.39 is 0 Å². The van der Waals surface area contributed by atoms with Gasteiger partial charge in [0, 0.05) is 24.1 Å². The van der Waals surface area contributed by atoms with E-state index in [9.17, 15) is 4.79 Å². The zero-order chi connectivity index (χ0) is 17.8. The van der Waals surface area contributed by atoms with E-state index in [0.29, 0.717) is 30.5 Å². The molecule has 1 amide bonds. The number of ether oxygens (including phenoxy) is 2. The molecule has 2 aromatic heterocycles. The highest BCUT2D eigenvalue weighted by atomic mass is 16.5. The standard InChI is InChI=1S/C18H22N4O3/c1-12-10-13(2)21-18(20-12)25-14-6-5-9-22(11-14)17(23)15-7-4-8-19-16(15)24-3/h4,7-8,10,14H,5-6,9,11H2,1-3H3. The predicted molar refractivity (Wildman–Crippen MR) is 91.8 cm³/mol. The number of nitrogens with zero attached hydrogens (tertiary/aromatic N) is 4. The summed E-state index contributed by atoms with van der Waals surface area (Å²) in [6.07, 6.45) is 3.21. The van der Waals surface area contributed by atoms with Crippen molar-refractivity contribution in [1.82, 2.24) is 19.9 Å². The van der Waals surface area contributed by atoms with Gasteiger partial charge >= 0.3 is 6.01 Å². The second kappa shape index (κ2) is 7.46. The molecule has 1 saturated heterocycles. The van der Waals surface area contributed by atoms with Crippen LogP contribution in [0.3, 0.4) is 0 Å². The number of aromatic nitrogens is 3. The van der Waals surface area contributed by atoms with Crippen molar-refractivity contribution in [1.29, 1.82) is 0 Å². The summed E-state index contributed by atoms with van der Waals surface area (Å²) < 4.78 is 11.1. The zero-order valence-corrected chi connectivity index (χ0v) is 14.7. The molecular weight excluding hydrogens is 320 g/mol. The number of hydrogen-bond donors (Lipinski definition) is 0. The molecule has 132 valence electrons. The summed E-state index contributed by atoms with van der Waals surface area (Å²) in [5.41, 5.74) is 2.20. The number of rotatable bonds is 4. The molecule has 1 fully saturated rings. The highest BCUT2D eigenvalue weighted by molar-refractivity contribution is 5.96. The van der Waals surface area contributed by atoms with Gasteiger partial charge in [-0.25, -0.2) is 15.0 Å². The molecule has 0 saturated carbocycles. The Balaban J connectivity index is 1.71. The third kappa shape index (κ3) is 4.04. The van der Waals surface area contributed by atoms with Crippen molar-refractivity contribution >= 4 is 5.91 Å². The Labute approximate surface area is 147 Å². The number of carbonyl (C=O) groups excluding carboxylic acids is 1. The van der Waals surface area contributed by atoms with Crippen LogP contribution in [0.2, 0.25) is 0 Å². The minimum absolute atomic E-state index is 0.0976. The van der Waals surface area contributed by atoms with Crippen molar-refractivity contribution in [2.45, 2.75) is 32.8 Å². The van der Waals surface area contributed by atoms with Crippen LogP contribution in [-0.4, -0.2) is 52.1 Å². The molecule has 1 unspecified atom stereocenters. The van der Waals surface area contributed by atoms with Crippen LogP contribution in [0.1, 0.15) is 34.6 Å². The molecule has 3 rings (SSSR count). The SMILES string of the molecule is COc1ncccc1C(=O)N1CCCC(Oc2nc(C)cc(C)n2)C1. The van der Waals surface area contributed by atoms with E-state index in [1.54, 1.807) is 23.2 Å². The topological polar surface area (TPSA) is 77.4 Å². The molecule has 1 aliphatic heterocycles. The van der Waals surface area contributed by atoms with Crippen molar-refractivity contribution < 1.29 is 14.3 Å². The van der Waals surface area contributed by atoms with Gasteiger partial charge < -0.3 is 14.4 Å². The summed E-state index contributed by atoms with van der Waals surface area (Å²) in [5.74, 6) is 0.243. The first-order chi connectivity index (χ1) is 12.1. The van der Waals surface area contributed by atoms with Gasteiger partial charge in [0.15, 0.2) is 0 Å². The lowest BCUT2D eigenvalue weighted by atomic mass is 10.1. The van der Waals surface area contributed by atoms with E-state index in [-0.39, 0.29) is 12.0 Å². The molecule has 0 N–H and O–H groups in total. The Hall–Kier alpha value is -2.70. The van der Waals surface area contributed by atoms with Crippen LogP contribution < -0.4 is 9.47 Å². The summed E-state index contributed by atoms with van der Waals surface area (Å²) in [7, 11) is 1.51. The van der Waals surface area contributed by atoms with Gasteiger partial charge in [-0.15, -0.1) is 0 Å². The number of amides is 1. The largest absolute Gasteiger partial charge is 0.480 e. The van der Waals surface area contributed by atoms with E-state index in [1.165, 1.54) is 7.11 Å².